The number of ketones is 3. The van der Waals surface area contributed by atoms with Crippen LogP contribution in [-0.4, -0.2) is 42.7 Å². The largest absolute Gasteiger partial charge is 0.497 e. The Morgan fingerprint density at radius 3 is 1.89 bits per heavy atom. The molecule has 1 aromatic rings. The van der Waals surface area contributed by atoms with Crippen LogP contribution in [0.1, 0.15) is 64.5 Å². The van der Waals surface area contributed by atoms with E-state index >= 15 is 0 Å². The zero-order chi connectivity index (χ0) is 29.1. The normalized spacial score (nSPS) is 17.7. The fraction of sp³-hybridized carbons (Fsp3) is 0.615. The number of benzene rings is 1. The lowest BCUT2D eigenvalue weighted by atomic mass is 9.64. The van der Waals surface area contributed by atoms with Gasteiger partial charge in [-0.25, -0.2) is 0 Å². The number of halogens is 6. The van der Waals surface area contributed by atoms with E-state index < -0.39 is 77.7 Å². The third-order valence-electron chi connectivity index (χ3n) is 7.12. The van der Waals surface area contributed by atoms with Gasteiger partial charge in [0.15, 0.2) is 5.78 Å². The van der Waals surface area contributed by atoms with Crippen molar-refractivity contribution in [1.82, 2.24) is 5.32 Å². The minimum Gasteiger partial charge on any atom is -0.497 e. The van der Waals surface area contributed by atoms with Crippen LogP contribution in [0.15, 0.2) is 24.3 Å². The summed E-state index contributed by atoms with van der Waals surface area (Å²) in [6.07, 6.45) is -12.0. The van der Waals surface area contributed by atoms with E-state index in [-0.39, 0.29) is 24.8 Å². The minimum atomic E-state index is -5.17. The maximum absolute atomic E-state index is 13.5. The van der Waals surface area contributed by atoms with Crippen LogP contribution in [0.25, 0.3) is 0 Å². The standard InChI is InChI=1S/C26H31F6NO5/c1-14(2)18(22(36)25(27,28)29)13-19(34)21(16-6-8-17(38-4)9-7-16)33-23(37)15(3)12-20(35)24(10-5-11-24)26(30,31)32/h6-9,14-15,18,21H,5,10-13H2,1-4H3,(H,33,37)/t15-,18+,21+/m1/s1. The molecule has 0 aromatic heterocycles. The number of carbonyl (C=O) groups excluding carboxylic acids is 4. The Balaban J connectivity index is 2.28. The highest BCUT2D eigenvalue weighted by Gasteiger charge is 2.62. The van der Waals surface area contributed by atoms with Crippen molar-refractivity contribution < 1.29 is 50.3 Å². The summed E-state index contributed by atoms with van der Waals surface area (Å²) in [5.74, 6) is -8.44. The van der Waals surface area contributed by atoms with Crippen LogP contribution in [0.4, 0.5) is 26.3 Å². The van der Waals surface area contributed by atoms with Crippen molar-refractivity contribution in [3.63, 3.8) is 0 Å². The monoisotopic (exact) mass is 551 g/mol. The molecule has 0 unspecified atom stereocenters. The van der Waals surface area contributed by atoms with Gasteiger partial charge in [0, 0.05) is 24.7 Å². The number of Topliss-reactive ketones (excluding diaryl/α,β-unsaturated/α-hetero) is 3. The molecule has 1 aliphatic carbocycles. The average molecular weight is 552 g/mol. The molecule has 1 saturated carbocycles. The predicted molar refractivity (Wildman–Crippen MR) is 124 cm³/mol. The summed E-state index contributed by atoms with van der Waals surface area (Å²) in [4.78, 5) is 50.6. The molecule has 6 nitrogen and oxygen atoms in total. The van der Waals surface area contributed by atoms with Crippen molar-refractivity contribution in [2.24, 2.45) is 23.2 Å². The maximum atomic E-state index is 13.5. The van der Waals surface area contributed by atoms with Crippen LogP contribution in [0.3, 0.4) is 0 Å². The van der Waals surface area contributed by atoms with Crippen LogP contribution < -0.4 is 10.1 Å². The van der Waals surface area contributed by atoms with E-state index in [1.165, 1.54) is 52.1 Å². The Kier molecular flexibility index (Phi) is 9.77. The Morgan fingerprint density at radius 2 is 1.50 bits per heavy atom. The second-order valence-corrected chi connectivity index (χ2v) is 10.1. The molecule has 0 spiro atoms. The molecule has 0 radical (unpaired) electrons. The lowest BCUT2D eigenvalue weighted by molar-refractivity contribution is -0.242. The molecule has 38 heavy (non-hydrogen) atoms. The van der Waals surface area contributed by atoms with E-state index in [1.54, 1.807) is 0 Å². The first kappa shape index (κ1) is 31.3. The van der Waals surface area contributed by atoms with Gasteiger partial charge in [-0.05, 0) is 36.5 Å². The zero-order valence-corrected chi connectivity index (χ0v) is 21.5. The van der Waals surface area contributed by atoms with E-state index in [0.29, 0.717) is 5.75 Å². The van der Waals surface area contributed by atoms with Crippen molar-refractivity contribution in [2.45, 2.75) is 71.3 Å². The number of alkyl halides is 6. The molecule has 1 fully saturated rings. The molecule has 0 bridgehead atoms. The number of rotatable bonds is 12. The van der Waals surface area contributed by atoms with Gasteiger partial charge >= 0.3 is 12.4 Å². The van der Waals surface area contributed by atoms with Crippen LogP contribution >= 0.6 is 0 Å². The van der Waals surface area contributed by atoms with Gasteiger partial charge in [-0.2, -0.15) is 26.3 Å². The summed E-state index contributed by atoms with van der Waals surface area (Å²) in [5, 5.41) is 2.37. The summed E-state index contributed by atoms with van der Waals surface area (Å²) < 4.78 is 84.9. The van der Waals surface area contributed by atoms with Crippen molar-refractivity contribution in [1.29, 1.82) is 0 Å². The summed E-state index contributed by atoms with van der Waals surface area (Å²) in [5.41, 5.74) is -2.33. The highest BCUT2D eigenvalue weighted by molar-refractivity contribution is 5.96. The third kappa shape index (κ3) is 6.93. The van der Waals surface area contributed by atoms with Gasteiger partial charge in [0.25, 0.3) is 0 Å². The molecule has 212 valence electrons. The zero-order valence-electron chi connectivity index (χ0n) is 21.5. The predicted octanol–water partition coefficient (Wildman–Crippen LogP) is 5.54. The summed E-state index contributed by atoms with van der Waals surface area (Å²) in [7, 11) is 1.38. The second kappa shape index (κ2) is 11.9. The number of carbonyl (C=O) groups is 4. The number of ether oxygens (including phenoxy) is 1. The Bertz CT molecular complexity index is 1030. The van der Waals surface area contributed by atoms with Crippen LogP contribution in [0.2, 0.25) is 0 Å². The van der Waals surface area contributed by atoms with Crippen molar-refractivity contribution >= 4 is 23.3 Å². The molecular weight excluding hydrogens is 520 g/mol. The molecular formula is C26H31F6NO5. The van der Waals surface area contributed by atoms with Gasteiger partial charge in [-0.15, -0.1) is 0 Å². The quantitative estimate of drug-likeness (QED) is 0.345. The molecule has 1 aliphatic rings. The van der Waals surface area contributed by atoms with Crippen molar-refractivity contribution in [3.8, 4) is 5.75 Å². The first-order chi connectivity index (χ1) is 17.4. The number of hydrogen-bond donors (Lipinski definition) is 1. The SMILES string of the molecule is COc1ccc([C@H](NC(=O)[C@H](C)CC(=O)C2(C(F)(F)F)CCC2)C(=O)C[C@H](C(=O)C(F)(F)F)C(C)C)cc1. The molecule has 3 atom stereocenters. The number of nitrogens with one attached hydrogen (secondary N) is 1. The van der Waals surface area contributed by atoms with Crippen LogP contribution in [0, 0.1) is 23.2 Å². The topological polar surface area (TPSA) is 89.5 Å². The molecule has 2 rings (SSSR count). The van der Waals surface area contributed by atoms with E-state index in [2.05, 4.69) is 5.32 Å². The van der Waals surface area contributed by atoms with Gasteiger partial charge in [-0.1, -0.05) is 39.3 Å². The lowest BCUT2D eigenvalue weighted by Gasteiger charge is -2.42. The van der Waals surface area contributed by atoms with Crippen molar-refractivity contribution in [3.05, 3.63) is 29.8 Å². The molecule has 1 N–H and O–H groups in total. The average Bonchev–Trinajstić information content (AvgIpc) is 2.77. The molecule has 0 heterocycles. The van der Waals surface area contributed by atoms with E-state index in [0.717, 1.165) is 0 Å². The highest BCUT2D eigenvalue weighted by Crippen LogP contribution is 2.54. The number of methoxy groups -OCH3 is 1. The van der Waals surface area contributed by atoms with Gasteiger partial charge in [0.05, 0.1) is 7.11 Å². The lowest BCUT2D eigenvalue weighted by Crippen LogP contribution is -2.51. The summed E-state index contributed by atoms with van der Waals surface area (Å²) in [6.45, 7) is 3.94. The Hall–Kier alpha value is -2.92. The first-order valence-corrected chi connectivity index (χ1v) is 12.1. The van der Waals surface area contributed by atoms with E-state index in [9.17, 15) is 45.5 Å². The Labute approximate surface area is 216 Å². The third-order valence-corrected chi connectivity index (χ3v) is 7.12. The molecule has 12 heteroatoms. The highest BCUT2D eigenvalue weighted by atomic mass is 19.4. The fourth-order valence-electron chi connectivity index (χ4n) is 4.42. The molecule has 1 amide bonds. The molecule has 1 aromatic carbocycles. The smallest absolute Gasteiger partial charge is 0.450 e. The van der Waals surface area contributed by atoms with Gasteiger partial charge in [0.2, 0.25) is 11.7 Å². The van der Waals surface area contributed by atoms with Crippen molar-refractivity contribution in [2.75, 3.05) is 7.11 Å². The molecule has 0 saturated heterocycles. The van der Waals surface area contributed by atoms with Gasteiger partial charge < -0.3 is 10.1 Å². The summed E-state index contributed by atoms with van der Waals surface area (Å²) >= 11 is 0. The number of hydrogen-bond acceptors (Lipinski definition) is 5. The van der Waals surface area contributed by atoms with E-state index in [4.69, 9.17) is 4.74 Å². The van der Waals surface area contributed by atoms with E-state index in [1.807, 2.05) is 0 Å². The maximum Gasteiger partial charge on any atom is 0.450 e. The van der Waals surface area contributed by atoms with Crippen LogP contribution in [0.5, 0.6) is 5.75 Å². The second-order valence-electron chi connectivity index (χ2n) is 10.1. The van der Waals surface area contributed by atoms with Gasteiger partial charge in [0.1, 0.15) is 23.0 Å². The van der Waals surface area contributed by atoms with Gasteiger partial charge in [-0.3, -0.25) is 19.2 Å². The fourth-order valence-corrected chi connectivity index (χ4v) is 4.42. The molecule has 0 aliphatic heterocycles. The first-order valence-electron chi connectivity index (χ1n) is 12.1. The summed E-state index contributed by atoms with van der Waals surface area (Å²) in [6, 6.07) is 4.16. The Morgan fingerprint density at radius 1 is 0.947 bits per heavy atom. The minimum absolute atomic E-state index is 0.162. The van der Waals surface area contributed by atoms with Crippen LogP contribution in [-0.2, 0) is 19.2 Å². The number of amides is 1.